The van der Waals surface area contributed by atoms with Crippen LogP contribution in [0.25, 0.3) is 0 Å². The summed E-state index contributed by atoms with van der Waals surface area (Å²) >= 11 is 0. The number of phenolic OH excluding ortho intramolecular Hbond substituents is 1. The van der Waals surface area contributed by atoms with E-state index in [2.05, 4.69) is 23.3 Å². The maximum absolute atomic E-state index is 11.0. The Morgan fingerprint density at radius 1 is 1.32 bits per heavy atom. The Morgan fingerprint density at radius 3 is 2.80 bits per heavy atom. The second-order valence-electron chi connectivity index (χ2n) is 8.02. The van der Waals surface area contributed by atoms with E-state index in [1.165, 1.54) is 5.56 Å². The van der Waals surface area contributed by atoms with Crippen LogP contribution >= 0.6 is 0 Å². The molecule has 4 rings (SSSR count). The number of rotatable bonds is 3. The SMILES string of the molecule is CN[C@H]1C[C@@]23CCN(C)[C@@H](Cc4ccc(OC)c(O)c42)[C@H]3CC1OC. The number of likely N-dealkylation sites (tertiary alicyclic amines) is 1. The summed E-state index contributed by atoms with van der Waals surface area (Å²) in [5.41, 5.74) is 2.44. The first-order valence-corrected chi connectivity index (χ1v) is 9.35. The Labute approximate surface area is 150 Å². The molecule has 0 spiro atoms. The van der Waals surface area contributed by atoms with Crippen LogP contribution in [0.1, 0.15) is 30.4 Å². The second kappa shape index (κ2) is 6.15. The van der Waals surface area contributed by atoms with Gasteiger partial charge in [-0.05, 0) is 63.9 Å². The van der Waals surface area contributed by atoms with Crippen LogP contribution in [0.4, 0.5) is 0 Å². The molecule has 1 heterocycles. The van der Waals surface area contributed by atoms with Crippen molar-refractivity contribution in [2.45, 2.75) is 49.3 Å². The molecule has 1 aromatic rings. The number of hydrogen-bond acceptors (Lipinski definition) is 5. The first-order chi connectivity index (χ1) is 12.1. The highest BCUT2D eigenvalue weighted by Crippen LogP contribution is 2.59. The van der Waals surface area contributed by atoms with E-state index in [1.54, 1.807) is 7.11 Å². The zero-order chi connectivity index (χ0) is 17.8. The number of likely N-dealkylation sites (N-methyl/N-ethyl adjacent to an activating group) is 2. The van der Waals surface area contributed by atoms with Crippen LogP contribution in [-0.2, 0) is 16.6 Å². The predicted octanol–water partition coefficient (Wildman–Crippen LogP) is 1.91. The van der Waals surface area contributed by atoms with Gasteiger partial charge in [-0.1, -0.05) is 6.07 Å². The molecule has 1 aromatic carbocycles. The first kappa shape index (κ1) is 17.1. The zero-order valence-corrected chi connectivity index (χ0v) is 15.7. The third-order valence-electron chi connectivity index (χ3n) is 7.22. The van der Waals surface area contributed by atoms with Gasteiger partial charge in [0.2, 0.25) is 0 Å². The van der Waals surface area contributed by atoms with E-state index in [4.69, 9.17) is 9.47 Å². The van der Waals surface area contributed by atoms with E-state index in [-0.39, 0.29) is 11.5 Å². The Hall–Kier alpha value is -1.30. The molecule has 2 N–H and O–H groups in total. The standard InChI is InChI=1S/C20H30N2O3/c1-21-14-11-20-7-8-22(2)15(13(20)10-17(14)25-4)9-12-5-6-16(24-3)19(23)18(12)20/h5-6,13-15,17,21,23H,7-11H2,1-4H3/t13-,14+,15+,17?,20-/m1/s1. The smallest absolute Gasteiger partial charge is 0.161 e. The number of fused-ring (bicyclic) bond motifs is 1. The molecular weight excluding hydrogens is 316 g/mol. The van der Waals surface area contributed by atoms with Crippen molar-refractivity contribution >= 4 is 0 Å². The maximum Gasteiger partial charge on any atom is 0.161 e. The van der Waals surface area contributed by atoms with Gasteiger partial charge in [0.25, 0.3) is 0 Å². The topological polar surface area (TPSA) is 54.0 Å². The van der Waals surface area contributed by atoms with E-state index < -0.39 is 0 Å². The first-order valence-electron chi connectivity index (χ1n) is 9.35. The van der Waals surface area contributed by atoms with E-state index in [0.717, 1.165) is 37.8 Å². The highest BCUT2D eigenvalue weighted by molar-refractivity contribution is 5.56. The minimum atomic E-state index is 0.00604. The Morgan fingerprint density at radius 2 is 2.12 bits per heavy atom. The molecule has 3 aliphatic rings. The molecule has 0 amide bonds. The Kier molecular flexibility index (Phi) is 4.21. The summed E-state index contributed by atoms with van der Waals surface area (Å²) in [6.07, 6.45) is 4.34. The van der Waals surface area contributed by atoms with Gasteiger partial charge in [0, 0.05) is 30.2 Å². The third-order valence-corrected chi connectivity index (χ3v) is 7.22. The van der Waals surface area contributed by atoms with Crippen molar-refractivity contribution in [3.63, 3.8) is 0 Å². The molecule has 0 aromatic heterocycles. The number of aromatic hydroxyl groups is 1. The van der Waals surface area contributed by atoms with Crippen molar-refractivity contribution < 1.29 is 14.6 Å². The molecule has 1 unspecified atom stereocenters. The van der Waals surface area contributed by atoms with E-state index in [9.17, 15) is 5.11 Å². The van der Waals surface area contributed by atoms with E-state index in [0.29, 0.717) is 29.5 Å². The zero-order valence-electron chi connectivity index (χ0n) is 15.7. The van der Waals surface area contributed by atoms with Crippen molar-refractivity contribution in [1.82, 2.24) is 10.2 Å². The van der Waals surface area contributed by atoms with E-state index in [1.807, 2.05) is 20.2 Å². The molecule has 1 saturated heterocycles. The number of phenols is 1. The molecule has 5 heteroatoms. The summed E-state index contributed by atoms with van der Waals surface area (Å²) in [4.78, 5) is 2.51. The Balaban J connectivity index is 1.89. The molecule has 5 atom stereocenters. The van der Waals surface area contributed by atoms with Gasteiger partial charge in [-0.15, -0.1) is 0 Å². The Bertz CT molecular complexity index is 665. The molecular formula is C20H30N2O3. The summed E-state index contributed by atoms with van der Waals surface area (Å²) in [5.74, 6) is 1.46. The normalized spacial score (nSPS) is 37.3. The van der Waals surface area contributed by atoms with Crippen LogP contribution in [-0.4, -0.2) is 63.1 Å². The van der Waals surface area contributed by atoms with Gasteiger partial charge < -0.3 is 24.8 Å². The number of nitrogens with one attached hydrogen (secondary N) is 1. The van der Waals surface area contributed by atoms with Gasteiger partial charge in [-0.3, -0.25) is 0 Å². The average molecular weight is 346 g/mol. The molecule has 5 nitrogen and oxygen atoms in total. The van der Waals surface area contributed by atoms with Crippen molar-refractivity contribution in [2.24, 2.45) is 5.92 Å². The molecule has 2 fully saturated rings. The van der Waals surface area contributed by atoms with Crippen molar-refractivity contribution in [3.05, 3.63) is 23.3 Å². The number of methoxy groups -OCH3 is 2. The van der Waals surface area contributed by atoms with Crippen molar-refractivity contribution in [1.29, 1.82) is 0 Å². The fourth-order valence-corrected chi connectivity index (χ4v) is 5.97. The predicted molar refractivity (Wildman–Crippen MR) is 97.4 cm³/mol. The van der Waals surface area contributed by atoms with Crippen LogP contribution < -0.4 is 10.1 Å². The monoisotopic (exact) mass is 346 g/mol. The molecule has 1 saturated carbocycles. The molecule has 0 radical (unpaired) electrons. The molecule has 2 bridgehead atoms. The van der Waals surface area contributed by atoms with Crippen LogP contribution in [0.2, 0.25) is 0 Å². The van der Waals surface area contributed by atoms with Crippen LogP contribution in [0.15, 0.2) is 12.1 Å². The fourth-order valence-electron chi connectivity index (χ4n) is 5.97. The number of benzene rings is 1. The van der Waals surface area contributed by atoms with Gasteiger partial charge in [-0.25, -0.2) is 0 Å². The lowest BCUT2D eigenvalue weighted by atomic mass is 9.51. The molecule has 2 aliphatic carbocycles. The van der Waals surface area contributed by atoms with Crippen LogP contribution in [0.5, 0.6) is 11.5 Å². The lowest BCUT2D eigenvalue weighted by Gasteiger charge is -2.60. The fraction of sp³-hybridized carbons (Fsp3) is 0.700. The third kappa shape index (κ3) is 2.32. The summed E-state index contributed by atoms with van der Waals surface area (Å²) in [7, 11) is 7.73. The van der Waals surface area contributed by atoms with Crippen molar-refractivity contribution in [2.75, 3.05) is 34.9 Å². The van der Waals surface area contributed by atoms with Gasteiger partial charge in [0.15, 0.2) is 11.5 Å². The van der Waals surface area contributed by atoms with Gasteiger partial charge >= 0.3 is 0 Å². The molecule has 1 aliphatic heterocycles. The maximum atomic E-state index is 11.0. The van der Waals surface area contributed by atoms with Gasteiger partial charge in [0.05, 0.1) is 13.2 Å². The lowest BCUT2D eigenvalue weighted by Crippen LogP contribution is -2.65. The largest absolute Gasteiger partial charge is 0.504 e. The number of piperidine rings is 1. The highest BCUT2D eigenvalue weighted by Gasteiger charge is 2.58. The minimum Gasteiger partial charge on any atom is -0.504 e. The number of hydrogen-bond donors (Lipinski definition) is 2. The van der Waals surface area contributed by atoms with E-state index >= 15 is 0 Å². The number of nitrogens with zero attached hydrogens (tertiary/aromatic N) is 1. The van der Waals surface area contributed by atoms with Gasteiger partial charge in [0.1, 0.15) is 0 Å². The minimum absolute atomic E-state index is 0.00604. The summed E-state index contributed by atoms with van der Waals surface area (Å²) in [5, 5.41) is 14.5. The van der Waals surface area contributed by atoms with Crippen molar-refractivity contribution in [3.8, 4) is 11.5 Å². The summed E-state index contributed by atoms with van der Waals surface area (Å²) < 4.78 is 11.3. The second-order valence-corrected chi connectivity index (χ2v) is 8.02. The summed E-state index contributed by atoms with van der Waals surface area (Å²) in [6.45, 7) is 1.07. The molecule has 138 valence electrons. The summed E-state index contributed by atoms with van der Waals surface area (Å²) in [6, 6.07) is 4.90. The van der Waals surface area contributed by atoms with Gasteiger partial charge in [-0.2, -0.15) is 0 Å². The molecule has 25 heavy (non-hydrogen) atoms. The lowest BCUT2D eigenvalue weighted by molar-refractivity contribution is -0.0684. The van der Waals surface area contributed by atoms with Crippen LogP contribution in [0.3, 0.4) is 0 Å². The number of ether oxygens (including phenoxy) is 2. The average Bonchev–Trinajstić information content (AvgIpc) is 2.63. The van der Waals surface area contributed by atoms with Crippen LogP contribution in [0, 0.1) is 5.92 Å². The quantitative estimate of drug-likeness (QED) is 0.876. The highest BCUT2D eigenvalue weighted by atomic mass is 16.5.